The molecule has 0 spiro atoms. The molecule has 1 fully saturated rings. The summed E-state index contributed by atoms with van der Waals surface area (Å²) in [6, 6.07) is 0.386. The number of nitrogens with zero attached hydrogens (tertiary/aromatic N) is 2. The van der Waals surface area contributed by atoms with Crippen molar-refractivity contribution in [3.8, 4) is 0 Å². The van der Waals surface area contributed by atoms with Gasteiger partial charge < -0.3 is 16.0 Å². The molecule has 5 nitrogen and oxygen atoms in total. The van der Waals surface area contributed by atoms with E-state index >= 15 is 0 Å². The lowest BCUT2D eigenvalue weighted by Gasteiger charge is -2.01. The van der Waals surface area contributed by atoms with Gasteiger partial charge in [0.15, 0.2) is 11.5 Å². The molecule has 5 heteroatoms. The first-order chi connectivity index (χ1) is 5.70. The van der Waals surface area contributed by atoms with Crippen molar-refractivity contribution in [1.82, 2.24) is 9.55 Å². The third kappa shape index (κ3) is 0.939. The molecular weight excluding hydrogens is 156 g/mol. The van der Waals surface area contributed by atoms with Gasteiger partial charge in [0.25, 0.3) is 5.91 Å². The number of primary amides is 1. The van der Waals surface area contributed by atoms with E-state index in [2.05, 4.69) is 4.98 Å². The van der Waals surface area contributed by atoms with E-state index in [0.29, 0.717) is 11.7 Å². The monoisotopic (exact) mass is 166 g/mol. The van der Waals surface area contributed by atoms with Crippen molar-refractivity contribution in [2.45, 2.75) is 18.9 Å². The summed E-state index contributed by atoms with van der Waals surface area (Å²) in [5.41, 5.74) is 11.0. The molecule has 0 saturated heterocycles. The van der Waals surface area contributed by atoms with Crippen LogP contribution in [0.4, 0.5) is 5.82 Å². The second kappa shape index (κ2) is 2.23. The number of anilines is 1. The van der Waals surface area contributed by atoms with Crippen LogP contribution in [0.1, 0.15) is 29.4 Å². The van der Waals surface area contributed by atoms with Crippen molar-refractivity contribution in [3.63, 3.8) is 0 Å². The Hall–Kier alpha value is -1.52. The number of hydrogen-bond acceptors (Lipinski definition) is 3. The number of carbonyl (C=O) groups is 1. The van der Waals surface area contributed by atoms with E-state index in [0.717, 1.165) is 12.8 Å². The minimum atomic E-state index is -0.503. The highest BCUT2D eigenvalue weighted by atomic mass is 16.1. The van der Waals surface area contributed by atoms with Gasteiger partial charge in [0.05, 0.1) is 6.33 Å². The lowest BCUT2D eigenvalue weighted by molar-refractivity contribution is 0.0992. The summed E-state index contributed by atoms with van der Waals surface area (Å²) in [5, 5.41) is 0. The van der Waals surface area contributed by atoms with Crippen LogP contribution in [0, 0.1) is 0 Å². The molecule has 64 valence electrons. The highest BCUT2D eigenvalue weighted by Crippen LogP contribution is 2.36. The topological polar surface area (TPSA) is 86.9 Å². The van der Waals surface area contributed by atoms with Crippen molar-refractivity contribution < 1.29 is 4.79 Å². The van der Waals surface area contributed by atoms with Gasteiger partial charge in [-0.25, -0.2) is 4.98 Å². The zero-order chi connectivity index (χ0) is 8.72. The minimum Gasteiger partial charge on any atom is -0.382 e. The van der Waals surface area contributed by atoms with E-state index in [1.54, 1.807) is 10.9 Å². The van der Waals surface area contributed by atoms with Crippen LogP contribution in [0.5, 0.6) is 0 Å². The molecule has 1 aromatic heterocycles. The van der Waals surface area contributed by atoms with E-state index in [1.165, 1.54) is 0 Å². The van der Waals surface area contributed by atoms with Crippen molar-refractivity contribution >= 4 is 11.7 Å². The average Bonchev–Trinajstić information content (AvgIpc) is 2.75. The highest BCUT2D eigenvalue weighted by Gasteiger charge is 2.28. The molecule has 0 aliphatic heterocycles. The largest absolute Gasteiger partial charge is 0.382 e. The molecule has 0 radical (unpaired) electrons. The number of hydrogen-bond donors (Lipinski definition) is 2. The van der Waals surface area contributed by atoms with Crippen molar-refractivity contribution in [2.24, 2.45) is 5.73 Å². The standard InChI is InChI=1S/C7H10N4O/c8-6-5(7(9)12)11(3-10-6)4-1-2-4/h3-4H,1-2,8H2,(H2,9,12). The SMILES string of the molecule is NC(=O)c1c(N)ncn1C1CC1. The van der Waals surface area contributed by atoms with Gasteiger partial charge in [-0.2, -0.15) is 0 Å². The van der Waals surface area contributed by atoms with Gasteiger partial charge in [-0.05, 0) is 12.8 Å². The lowest BCUT2D eigenvalue weighted by Crippen LogP contribution is -2.17. The van der Waals surface area contributed by atoms with Crippen LogP contribution in [0.25, 0.3) is 0 Å². The Morgan fingerprint density at radius 2 is 2.33 bits per heavy atom. The minimum absolute atomic E-state index is 0.231. The lowest BCUT2D eigenvalue weighted by atomic mass is 10.4. The van der Waals surface area contributed by atoms with Crippen LogP contribution in [-0.4, -0.2) is 15.5 Å². The molecular formula is C7H10N4O. The molecule has 12 heavy (non-hydrogen) atoms. The van der Waals surface area contributed by atoms with Crippen LogP contribution in [0.2, 0.25) is 0 Å². The van der Waals surface area contributed by atoms with Gasteiger partial charge in [-0.3, -0.25) is 4.79 Å². The predicted octanol–water partition coefficient (Wildman–Crippen LogP) is -0.101. The molecule has 4 N–H and O–H groups in total. The Kier molecular flexibility index (Phi) is 1.33. The fourth-order valence-corrected chi connectivity index (χ4v) is 1.26. The number of amides is 1. The molecule has 1 aromatic rings. The number of carbonyl (C=O) groups excluding carboxylic acids is 1. The number of imidazole rings is 1. The maximum absolute atomic E-state index is 10.9. The molecule has 1 amide bonds. The normalized spacial score (nSPS) is 16.3. The first kappa shape index (κ1) is 7.15. The summed E-state index contributed by atoms with van der Waals surface area (Å²) in [7, 11) is 0. The Balaban J connectivity index is 2.46. The van der Waals surface area contributed by atoms with Crippen molar-refractivity contribution in [2.75, 3.05) is 5.73 Å². The Morgan fingerprint density at radius 1 is 1.67 bits per heavy atom. The molecule has 1 saturated carbocycles. The van der Waals surface area contributed by atoms with Crippen LogP contribution in [-0.2, 0) is 0 Å². The summed E-state index contributed by atoms with van der Waals surface area (Å²) in [6.07, 6.45) is 3.74. The molecule has 0 bridgehead atoms. The van der Waals surface area contributed by atoms with Gasteiger partial charge in [0.1, 0.15) is 0 Å². The zero-order valence-electron chi connectivity index (χ0n) is 6.53. The fraction of sp³-hybridized carbons (Fsp3) is 0.429. The van der Waals surface area contributed by atoms with Gasteiger partial charge in [-0.1, -0.05) is 0 Å². The molecule has 0 atom stereocenters. The second-order valence-electron chi connectivity index (χ2n) is 2.98. The van der Waals surface area contributed by atoms with Gasteiger partial charge >= 0.3 is 0 Å². The number of aromatic nitrogens is 2. The summed E-state index contributed by atoms with van der Waals surface area (Å²) in [6.45, 7) is 0. The Bertz CT molecular complexity index is 326. The molecule has 1 heterocycles. The zero-order valence-corrected chi connectivity index (χ0v) is 6.53. The first-order valence-corrected chi connectivity index (χ1v) is 3.82. The van der Waals surface area contributed by atoms with Crippen LogP contribution >= 0.6 is 0 Å². The smallest absolute Gasteiger partial charge is 0.269 e. The van der Waals surface area contributed by atoms with E-state index in [9.17, 15) is 4.79 Å². The van der Waals surface area contributed by atoms with Gasteiger partial charge in [-0.15, -0.1) is 0 Å². The molecule has 2 rings (SSSR count). The molecule has 0 aromatic carbocycles. The number of nitrogens with two attached hydrogens (primary N) is 2. The van der Waals surface area contributed by atoms with E-state index in [4.69, 9.17) is 11.5 Å². The van der Waals surface area contributed by atoms with Crippen LogP contribution < -0.4 is 11.5 Å². The highest BCUT2D eigenvalue weighted by molar-refractivity contribution is 5.95. The quantitative estimate of drug-likeness (QED) is 0.643. The predicted molar refractivity (Wildman–Crippen MR) is 43.4 cm³/mol. The molecule has 1 aliphatic rings. The summed E-state index contributed by atoms with van der Waals surface area (Å²) in [4.78, 5) is 14.8. The maximum Gasteiger partial charge on any atom is 0.269 e. The summed E-state index contributed by atoms with van der Waals surface area (Å²) >= 11 is 0. The number of nitrogen functional groups attached to an aromatic ring is 1. The van der Waals surface area contributed by atoms with E-state index < -0.39 is 5.91 Å². The molecule has 1 aliphatic carbocycles. The van der Waals surface area contributed by atoms with Crippen molar-refractivity contribution in [1.29, 1.82) is 0 Å². The summed E-state index contributed by atoms with van der Waals surface area (Å²) in [5.74, 6) is -0.272. The first-order valence-electron chi connectivity index (χ1n) is 3.82. The average molecular weight is 166 g/mol. The van der Waals surface area contributed by atoms with Crippen LogP contribution in [0.3, 0.4) is 0 Å². The maximum atomic E-state index is 10.9. The Morgan fingerprint density at radius 3 is 2.83 bits per heavy atom. The van der Waals surface area contributed by atoms with Gasteiger partial charge in [0.2, 0.25) is 0 Å². The van der Waals surface area contributed by atoms with Crippen molar-refractivity contribution in [3.05, 3.63) is 12.0 Å². The van der Waals surface area contributed by atoms with E-state index in [-0.39, 0.29) is 5.82 Å². The van der Waals surface area contributed by atoms with Crippen LogP contribution in [0.15, 0.2) is 6.33 Å². The van der Waals surface area contributed by atoms with E-state index in [1.807, 2.05) is 0 Å². The summed E-state index contributed by atoms with van der Waals surface area (Å²) < 4.78 is 1.76. The third-order valence-electron chi connectivity index (χ3n) is 2.00. The number of rotatable bonds is 2. The third-order valence-corrected chi connectivity index (χ3v) is 2.00. The Labute approximate surface area is 69.4 Å². The molecule has 0 unspecified atom stereocenters. The fourth-order valence-electron chi connectivity index (χ4n) is 1.26. The van der Waals surface area contributed by atoms with Gasteiger partial charge in [0, 0.05) is 6.04 Å². The second-order valence-corrected chi connectivity index (χ2v) is 2.98.